The number of aliphatic hydroxyl groups excluding tert-OH is 1. The van der Waals surface area contributed by atoms with Crippen molar-refractivity contribution in [1.82, 2.24) is 5.32 Å². The highest BCUT2D eigenvalue weighted by Crippen LogP contribution is 2.25. The minimum Gasteiger partial charge on any atom is -0.396 e. The van der Waals surface area contributed by atoms with Crippen LogP contribution in [0.1, 0.15) is 55.3 Å². The molecule has 0 unspecified atom stereocenters. The summed E-state index contributed by atoms with van der Waals surface area (Å²) in [4.78, 5) is 26.3. The van der Waals surface area contributed by atoms with Gasteiger partial charge in [-0.3, -0.25) is 9.59 Å². The number of anilines is 1. The Hall–Kier alpha value is -1.88. The van der Waals surface area contributed by atoms with Gasteiger partial charge in [-0.15, -0.1) is 0 Å². The summed E-state index contributed by atoms with van der Waals surface area (Å²) in [6.45, 7) is 0.840. The molecule has 5 heteroatoms. The fourth-order valence-electron chi connectivity index (χ4n) is 3.78. The second kappa shape index (κ2) is 7.79. The molecule has 0 spiro atoms. The number of rotatable bonds is 4. The number of carbonyl (C=O) groups is 2. The van der Waals surface area contributed by atoms with Crippen LogP contribution < -0.4 is 10.2 Å². The topological polar surface area (TPSA) is 69.6 Å². The summed E-state index contributed by atoms with van der Waals surface area (Å²) in [5, 5.41) is 12.7. The van der Waals surface area contributed by atoms with Crippen molar-refractivity contribution in [3.8, 4) is 0 Å². The molecule has 0 radical (unpaired) electrons. The van der Waals surface area contributed by atoms with Gasteiger partial charge >= 0.3 is 0 Å². The first-order valence-corrected chi connectivity index (χ1v) is 9.01. The maximum Gasteiger partial charge on any atom is 0.251 e. The third kappa shape index (κ3) is 3.78. The summed E-state index contributed by atoms with van der Waals surface area (Å²) in [7, 11) is 0. The van der Waals surface area contributed by atoms with Gasteiger partial charge in [0.15, 0.2) is 0 Å². The van der Waals surface area contributed by atoms with Crippen LogP contribution >= 0.6 is 0 Å². The van der Waals surface area contributed by atoms with Crippen LogP contribution in [0.25, 0.3) is 0 Å². The minimum absolute atomic E-state index is 0.0297. The van der Waals surface area contributed by atoms with E-state index in [4.69, 9.17) is 0 Å². The summed E-state index contributed by atoms with van der Waals surface area (Å²) in [5.74, 6) is 0.144. The molecular formula is C19H26N2O3. The van der Waals surface area contributed by atoms with E-state index in [-0.39, 0.29) is 30.4 Å². The molecule has 2 N–H and O–H groups in total. The number of benzene rings is 1. The van der Waals surface area contributed by atoms with E-state index in [0.29, 0.717) is 12.0 Å². The van der Waals surface area contributed by atoms with Crippen LogP contribution in [-0.2, 0) is 4.79 Å². The summed E-state index contributed by atoms with van der Waals surface area (Å²) in [6.07, 6.45) is 6.70. The van der Waals surface area contributed by atoms with E-state index in [9.17, 15) is 14.7 Å². The van der Waals surface area contributed by atoms with Gasteiger partial charge in [0, 0.05) is 42.8 Å². The Balaban J connectivity index is 1.71. The number of nitrogens with zero attached hydrogens (tertiary/aromatic N) is 1. The van der Waals surface area contributed by atoms with Crippen molar-refractivity contribution in [2.45, 2.75) is 51.0 Å². The lowest BCUT2D eigenvalue weighted by Gasteiger charge is -2.25. The first-order chi connectivity index (χ1) is 11.7. The lowest BCUT2D eigenvalue weighted by molar-refractivity contribution is -0.117. The van der Waals surface area contributed by atoms with Crippen LogP contribution in [0, 0.1) is 5.92 Å². The third-order valence-corrected chi connectivity index (χ3v) is 5.20. The van der Waals surface area contributed by atoms with E-state index in [2.05, 4.69) is 5.32 Å². The lowest BCUT2D eigenvalue weighted by Crippen LogP contribution is -2.41. The zero-order chi connectivity index (χ0) is 16.9. The van der Waals surface area contributed by atoms with Crippen LogP contribution in [0.2, 0.25) is 0 Å². The molecule has 1 aliphatic carbocycles. The molecule has 24 heavy (non-hydrogen) atoms. The summed E-state index contributed by atoms with van der Waals surface area (Å²) in [5.41, 5.74) is 1.37. The second-order valence-electron chi connectivity index (χ2n) is 6.86. The number of carbonyl (C=O) groups excluding carboxylic acids is 2. The van der Waals surface area contributed by atoms with Crippen molar-refractivity contribution in [1.29, 1.82) is 0 Å². The SMILES string of the molecule is O=C(N[C@@H]1CCCCC[C@@H]1CO)c1cccc(N2CCCC2=O)c1. The molecule has 2 atom stereocenters. The average molecular weight is 330 g/mol. The third-order valence-electron chi connectivity index (χ3n) is 5.20. The standard InChI is InChI=1S/C19H26N2O3/c22-13-15-6-2-1-3-9-17(15)20-19(24)14-7-4-8-16(12-14)21-11-5-10-18(21)23/h4,7-8,12,15,17,22H,1-3,5-6,9-11,13H2,(H,20,24)/t15-,17-/m1/s1. The number of aliphatic hydroxyl groups is 1. The van der Waals surface area contributed by atoms with Crippen LogP contribution in [0.3, 0.4) is 0 Å². The van der Waals surface area contributed by atoms with Crippen molar-refractivity contribution in [2.24, 2.45) is 5.92 Å². The van der Waals surface area contributed by atoms with Crippen LogP contribution in [0.5, 0.6) is 0 Å². The Morgan fingerprint density at radius 1 is 1.21 bits per heavy atom. The quantitative estimate of drug-likeness (QED) is 0.833. The lowest BCUT2D eigenvalue weighted by atomic mass is 9.95. The smallest absolute Gasteiger partial charge is 0.251 e. The summed E-state index contributed by atoms with van der Waals surface area (Å²) in [6, 6.07) is 7.31. The van der Waals surface area contributed by atoms with Gasteiger partial charge in [-0.25, -0.2) is 0 Å². The second-order valence-corrected chi connectivity index (χ2v) is 6.86. The molecule has 1 saturated carbocycles. The fraction of sp³-hybridized carbons (Fsp3) is 0.579. The van der Waals surface area contributed by atoms with E-state index in [1.807, 2.05) is 12.1 Å². The highest BCUT2D eigenvalue weighted by Gasteiger charge is 2.26. The highest BCUT2D eigenvalue weighted by molar-refractivity contribution is 5.99. The van der Waals surface area contributed by atoms with Crippen molar-refractivity contribution < 1.29 is 14.7 Å². The molecule has 130 valence electrons. The molecule has 2 amide bonds. The molecule has 2 fully saturated rings. The van der Waals surface area contributed by atoms with Crippen LogP contribution in [-0.4, -0.2) is 36.1 Å². The van der Waals surface area contributed by atoms with Gasteiger partial charge < -0.3 is 15.3 Å². The number of nitrogens with one attached hydrogen (secondary N) is 1. The van der Waals surface area contributed by atoms with Crippen molar-refractivity contribution in [3.05, 3.63) is 29.8 Å². The van der Waals surface area contributed by atoms with Gasteiger partial charge in [0.2, 0.25) is 5.91 Å². The van der Waals surface area contributed by atoms with Gasteiger partial charge in [0.25, 0.3) is 5.91 Å². The molecule has 0 bridgehead atoms. The molecule has 0 aromatic heterocycles. The van der Waals surface area contributed by atoms with Crippen molar-refractivity contribution in [3.63, 3.8) is 0 Å². The largest absolute Gasteiger partial charge is 0.396 e. The molecule has 2 aliphatic rings. The maximum atomic E-state index is 12.6. The predicted molar refractivity (Wildman–Crippen MR) is 92.9 cm³/mol. The number of hydrogen-bond donors (Lipinski definition) is 2. The Labute approximate surface area is 143 Å². The number of hydrogen-bond acceptors (Lipinski definition) is 3. The molecule has 3 rings (SSSR count). The normalized spacial score (nSPS) is 24.7. The minimum atomic E-state index is -0.117. The molecular weight excluding hydrogens is 304 g/mol. The zero-order valence-electron chi connectivity index (χ0n) is 14.0. The van der Waals surface area contributed by atoms with Gasteiger partial charge in [-0.1, -0.05) is 25.3 Å². The Morgan fingerprint density at radius 2 is 2.04 bits per heavy atom. The fourth-order valence-corrected chi connectivity index (χ4v) is 3.78. The first-order valence-electron chi connectivity index (χ1n) is 9.01. The average Bonchev–Trinajstić information content (AvgIpc) is 2.90. The Bertz CT molecular complexity index is 602. The molecule has 1 aromatic rings. The Morgan fingerprint density at radius 3 is 2.79 bits per heavy atom. The molecule has 1 heterocycles. The molecule has 5 nitrogen and oxygen atoms in total. The van der Waals surface area contributed by atoms with Crippen LogP contribution in [0.15, 0.2) is 24.3 Å². The predicted octanol–water partition coefficient (Wildman–Crippen LogP) is 2.48. The van der Waals surface area contributed by atoms with Gasteiger partial charge in [-0.2, -0.15) is 0 Å². The molecule has 1 aliphatic heterocycles. The van der Waals surface area contributed by atoms with E-state index in [1.54, 1.807) is 17.0 Å². The Kier molecular flexibility index (Phi) is 5.51. The van der Waals surface area contributed by atoms with Gasteiger partial charge in [-0.05, 0) is 37.5 Å². The van der Waals surface area contributed by atoms with E-state index in [1.165, 1.54) is 0 Å². The van der Waals surface area contributed by atoms with Gasteiger partial charge in [0.05, 0.1) is 0 Å². The van der Waals surface area contributed by atoms with Crippen molar-refractivity contribution in [2.75, 3.05) is 18.1 Å². The van der Waals surface area contributed by atoms with E-state index >= 15 is 0 Å². The zero-order valence-corrected chi connectivity index (χ0v) is 14.0. The number of amides is 2. The summed E-state index contributed by atoms with van der Waals surface area (Å²) >= 11 is 0. The van der Waals surface area contributed by atoms with Gasteiger partial charge in [0.1, 0.15) is 0 Å². The first kappa shape index (κ1) is 17.0. The van der Waals surface area contributed by atoms with E-state index in [0.717, 1.165) is 50.8 Å². The summed E-state index contributed by atoms with van der Waals surface area (Å²) < 4.78 is 0. The molecule has 1 saturated heterocycles. The maximum absolute atomic E-state index is 12.6. The highest BCUT2D eigenvalue weighted by atomic mass is 16.3. The molecule has 1 aromatic carbocycles. The monoisotopic (exact) mass is 330 g/mol. The van der Waals surface area contributed by atoms with Crippen molar-refractivity contribution >= 4 is 17.5 Å². The van der Waals surface area contributed by atoms with Crippen LogP contribution in [0.4, 0.5) is 5.69 Å². The van der Waals surface area contributed by atoms with E-state index < -0.39 is 0 Å².